The average molecular weight is 329 g/mol. The van der Waals surface area contributed by atoms with Crippen LogP contribution in [0.2, 0.25) is 0 Å². The molecule has 0 fully saturated rings. The fourth-order valence-electron chi connectivity index (χ4n) is 2.47. The third-order valence-corrected chi connectivity index (χ3v) is 5.66. The number of hydrogen-bond donors (Lipinski definition) is 0. The maximum Gasteiger partial charge on any atom is 0.269 e. The van der Waals surface area contributed by atoms with Crippen molar-refractivity contribution in [3.8, 4) is 0 Å². The predicted octanol–water partition coefficient (Wildman–Crippen LogP) is 5.51. The molecule has 3 aromatic rings. The van der Waals surface area contributed by atoms with E-state index in [-0.39, 0.29) is 16.5 Å². The maximum atomic E-state index is 10.8. The van der Waals surface area contributed by atoms with E-state index in [1.165, 1.54) is 19.5 Å². The van der Waals surface area contributed by atoms with Gasteiger partial charge in [-0.1, -0.05) is 12.1 Å². The predicted molar refractivity (Wildman–Crippen MR) is 92.2 cm³/mol. The lowest BCUT2D eigenvalue weighted by molar-refractivity contribution is -0.384. The van der Waals surface area contributed by atoms with Crippen LogP contribution in [0.1, 0.15) is 31.0 Å². The van der Waals surface area contributed by atoms with Crippen LogP contribution in [0.15, 0.2) is 48.5 Å². The Bertz CT molecular complexity index is 762. The first kappa shape index (κ1) is 14.9. The van der Waals surface area contributed by atoms with Gasteiger partial charge in [-0.15, -0.1) is 22.7 Å². The van der Waals surface area contributed by atoms with Crippen molar-refractivity contribution < 1.29 is 4.92 Å². The minimum atomic E-state index is -0.358. The van der Waals surface area contributed by atoms with Gasteiger partial charge in [-0.2, -0.15) is 0 Å². The first-order valence-electron chi connectivity index (χ1n) is 6.91. The molecule has 2 aromatic heterocycles. The Kier molecular flexibility index (Phi) is 4.09. The highest BCUT2D eigenvalue weighted by Gasteiger charge is 2.20. The Balaban J connectivity index is 2.07. The number of benzene rings is 1. The number of nitrogens with zero attached hydrogens (tertiary/aromatic N) is 1. The Morgan fingerprint density at radius 1 is 0.864 bits per heavy atom. The van der Waals surface area contributed by atoms with E-state index in [2.05, 4.69) is 38.1 Å². The van der Waals surface area contributed by atoms with Crippen LogP contribution in [0.3, 0.4) is 0 Å². The number of aryl methyl sites for hydroxylation is 2. The Morgan fingerprint density at radius 2 is 1.36 bits per heavy atom. The highest BCUT2D eigenvalue weighted by molar-refractivity contribution is 7.13. The molecule has 5 heteroatoms. The summed E-state index contributed by atoms with van der Waals surface area (Å²) in [5.74, 6) is 0.151. The Morgan fingerprint density at radius 3 is 1.73 bits per heavy atom. The Hall–Kier alpha value is -1.98. The normalized spacial score (nSPS) is 11.0. The van der Waals surface area contributed by atoms with Crippen LogP contribution in [0.5, 0.6) is 0 Å². The fourth-order valence-corrected chi connectivity index (χ4v) is 4.60. The molecule has 0 aliphatic heterocycles. The zero-order chi connectivity index (χ0) is 15.7. The number of thiophene rings is 2. The molecule has 0 saturated heterocycles. The van der Waals surface area contributed by atoms with Crippen LogP contribution < -0.4 is 0 Å². The molecule has 0 amide bonds. The van der Waals surface area contributed by atoms with E-state index >= 15 is 0 Å². The molecule has 2 heterocycles. The molecule has 112 valence electrons. The third-order valence-electron chi connectivity index (χ3n) is 3.53. The number of non-ortho nitro benzene ring substituents is 1. The van der Waals surface area contributed by atoms with E-state index in [0.29, 0.717) is 0 Å². The van der Waals surface area contributed by atoms with Crippen molar-refractivity contribution in [2.24, 2.45) is 0 Å². The zero-order valence-electron chi connectivity index (χ0n) is 12.3. The summed E-state index contributed by atoms with van der Waals surface area (Å²) in [6.45, 7) is 4.20. The second-order valence-corrected chi connectivity index (χ2v) is 7.82. The van der Waals surface area contributed by atoms with Gasteiger partial charge in [-0.25, -0.2) is 0 Å². The second kappa shape index (κ2) is 6.02. The summed E-state index contributed by atoms with van der Waals surface area (Å²) in [7, 11) is 0. The molecule has 0 atom stereocenters. The van der Waals surface area contributed by atoms with Gasteiger partial charge in [0.05, 0.1) is 10.8 Å². The second-order valence-electron chi connectivity index (χ2n) is 5.18. The van der Waals surface area contributed by atoms with Crippen molar-refractivity contribution >= 4 is 28.4 Å². The molecular formula is C17H15NO2S2. The molecule has 0 saturated carbocycles. The van der Waals surface area contributed by atoms with Crippen LogP contribution in [0.4, 0.5) is 5.69 Å². The molecule has 0 N–H and O–H groups in total. The van der Waals surface area contributed by atoms with Crippen molar-refractivity contribution in [2.75, 3.05) is 0 Å². The topological polar surface area (TPSA) is 43.1 Å². The van der Waals surface area contributed by atoms with Crippen LogP contribution in [0.25, 0.3) is 0 Å². The summed E-state index contributed by atoms with van der Waals surface area (Å²) in [4.78, 5) is 15.6. The average Bonchev–Trinajstić information content (AvgIpc) is 3.09. The van der Waals surface area contributed by atoms with Crippen LogP contribution in [-0.2, 0) is 0 Å². The number of rotatable bonds is 4. The first-order chi connectivity index (χ1) is 10.5. The van der Waals surface area contributed by atoms with E-state index < -0.39 is 0 Å². The van der Waals surface area contributed by atoms with Crippen LogP contribution in [-0.4, -0.2) is 4.92 Å². The summed E-state index contributed by atoms with van der Waals surface area (Å²) < 4.78 is 0. The van der Waals surface area contributed by atoms with Gasteiger partial charge >= 0.3 is 0 Å². The maximum absolute atomic E-state index is 10.8. The minimum Gasteiger partial charge on any atom is -0.258 e. The van der Waals surface area contributed by atoms with Gasteiger partial charge in [0.1, 0.15) is 0 Å². The quantitative estimate of drug-likeness (QED) is 0.467. The van der Waals surface area contributed by atoms with Crippen molar-refractivity contribution in [3.63, 3.8) is 0 Å². The summed E-state index contributed by atoms with van der Waals surface area (Å²) in [5.41, 5.74) is 1.22. The van der Waals surface area contributed by atoms with Gasteiger partial charge in [0.15, 0.2) is 0 Å². The molecule has 0 spiro atoms. The summed E-state index contributed by atoms with van der Waals surface area (Å²) >= 11 is 3.56. The van der Waals surface area contributed by atoms with Gasteiger partial charge < -0.3 is 0 Å². The van der Waals surface area contributed by atoms with Gasteiger partial charge in [-0.05, 0) is 43.7 Å². The van der Waals surface area contributed by atoms with E-state index in [1.807, 2.05) is 12.1 Å². The molecule has 0 unspecified atom stereocenters. The molecule has 1 aromatic carbocycles. The molecule has 0 aliphatic rings. The lowest BCUT2D eigenvalue weighted by atomic mass is 9.95. The van der Waals surface area contributed by atoms with Crippen LogP contribution in [0, 0.1) is 24.0 Å². The summed E-state index contributed by atoms with van der Waals surface area (Å²) in [5, 5.41) is 10.8. The first-order valence-corrected chi connectivity index (χ1v) is 8.55. The third kappa shape index (κ3) is 2.96. The smallest absolute Gasteiger partial charge is 0.258 e. The summed E-state index contributed by atoms with van der Waals surface area (Å²) in [6.07, 6.45) is 0. The molecular weight excluding hydrogens is 314 g/mol. The number of hydrogen-bond acceptors (Lipinski definition) is 4. The van der Waals surface area contributed by atoms with E-state index in [4.69, 9.17) is 0 Å². The fraction of sp³-hybridized carbons (Fsp3) is 0.176. The van der Waals surface area contributed by atoms with Crippen molar-refractivity contribution in [1.29, 1.82) is 0 Å². The SMILES string of the molecule is Cc1ccc(C(c2ccc([N+](=O)[O-])cc2)c2ccc(C)s2)s1. The molecule has 0 aliphatic carbocycles. The van der Waals surface area contributed by atoms with Gasteiger partial charge in [0.25, 0.3) is 5.69 Å². The van der Waals surface area contributed by atoms with Gasteiger partial charge in [0, 0.05) is 31.6 Å². The lowest BCUT2D eigenvalue weighted by Crippen LogP contribution is -1.99. The lowest BCUT2D eigenvalue weighted by Gasteiger charge is -2.14. The monoisotopic (exact) mass is 329 g/mol. The number of nitro benzene ring substituents is 1. The standard InChI is InChI=1S/C17H15NO2S2/c1-11-3-9-15(21-11)17(16-10-4-12(2)22-16)13-5-7-14(8-6-13)18(19)20/h3-10,17H,1-2H3. The molecule has 3 rings (SSSR count). The molecule has 3 nitrogen and oxygen atoms in total. The molecule has 0 radical (unpaired) electrons. The number of nitro groups is 1. The van der Waals surface area contributed by atoms with E-state index in [0.717, 1.165) is 5.56 Å². The van der Waals surface area contributed by atoms with Crippen molar-refractivity contribution in [2.45, 2.75) is 19.8 Å². The Labute approximate surface area is 137 Å². The highest BCUT2D eigenvalue weighted by atomic mass is 32.1. The highest BCUT2D eigenvalue weighted by Crippen LogP contribution is 2.39. The van der Waals surface area contributed by atoms with Gasteiger partial charge in [0.2, 0.25) is 0 Å². The molecule has 0 bridgehead atoms. The summed E-state index contributed by atoms with van der Waals surface area (Å²) in [6, 6.07) is 15.5. The van der Waals surface area contributed by atoms with Crippen LogP contribution >= 0.6 is 22.7 Å². The van der Waals surface area contributed by atoms with Gasteiger partial charge in [-0.3, -0.25) is 10.1 Å². The minimum absolute atomic E-state index is 0.132. The largest absolute Gasteiger partial charge is 0.269 e. The van der Waals surface area contributed by atoms with E-state index in [9.17, 15) is 10.1 Å². The molecule has 22 heavy (non-hydrogen) atoms. The van der Waals surface area contributed by atoms with Crippen molar-refractivity contribution in [1.82, 2.24) is 0 Å². The van der Waals surface area contributed by atoms with Crippen molar-refractivity contribution in [3.05, 3.63) is 83.7 Å². The van der Waals surface area contributed by atoms with E-state index in [1.54, 1.807) is 34.8 Å². The zero-order valence-corrected chi connectivity index (χ0v) is 13.9.